The van der Waals surface area contributed by atoms with Gasteiger partial charge in [0.05, 0.1) is 12.5 Å². The van der Waals surface area contributed by atoms with Crippen molar-refractivity contribution in [3.8, 4) is 0 Å². The second kappa shape index (κ2) is 4.47. The maximum Gasteiger partial charge on any atom is 0.342 e. The van der Waals surface area contributed by atoms with Crippen LogP contribution in [0.25, 0.3) is 0 Å². The molecule has 0 radical (unpaired) electrons. The van der Waals surface area contributed by atoms with Crippen molar-refractivity contribution in [1.82, 2.24) is 0 Å². The van der Waals surface area contributed by atoms with Gasteiger partial charge >= 0.3 is 11.9 Å². The second-order valence-corrected chi connectivity index (χ2v) is 8.95. The average Bonchev–Trinajstić information content (AvgIpc) is 3.24. The normalized spacial score (nSPS) is 52.1. The highest BCUT2D eigenvalue weighted by molar-refractivity contribution is 5.92. The van der Waals surface area contributed by atoms with Crippen molar-refractivity contribution in [3.63, 3.8) is 0 Å². The zero-order valence-corrected chi connectivity index (χ0v) is 15.0. The molecule has 142 valence electrons. The number of allylic oxidation sites excluding steroid dienone is 1. The Hall–Kier alpha value is -2.12. The zero-order chi connectivity index (χ0) is 18.8. The number of cyclic esters (lactones) is 1. The number of carbonyl (C=O) groups is 2. The first kappa shape index (κ1) is 15.9. The summed E-state index contributed by atoms with van der Waals surface area (Å²) in [7, 11) is 0. The van der Waals surface area contributed by atoms with Crippen LogP contribution in [0, 0.1) is 16.7 Å². The van der Waals surface area contributed by atoms with Crippen LogP contribution in [-0.4, -0.2) is 41.0 Å². The van der Waals surface area contributed by atoms with Gasteiger partial charge in [0.2, 0.25) is 0 Å². The summed E-state index contributed by atoms with van der Waals surface area (Å²) in [4.78, 5) is 25.4. The van der Waals surface area contributed by atoms with Crippen LogP contribution in [0.3, 0.4) is 0 Å². The first-order valence-corrected chi connectivity index (χ1v) is 9.33. The molecule has 1 aromatic heterocycles. The molecule has 7 nitrogen and oxygen atoms in total. The fraction of sp³-hybridized carbons (Fsp3) is 0.600. The third-order valence-corrected chi connectivity index (χ3v) is 7.73. The molecule has 8 atom stereocenters. The van der Waals surface area contributed by atoms with Crippen LogP contribution in [-0.2, 0) is 23.8 Å². The van der Waals surface area contributed by atoms with Crippen molar-refractivity contribution in [3.05, 3.63) is 35.8 Å². The predicted octanol–water partition coefficient (Wildman–Crippen LogP) is 1.66. The smallest absolute Gasteiger partial charge is 0.342 e. The van der Waals surface area contributed by atoms with Crippen molar-refractivity contribution >= 4 is 11.9 Å². The molecule has 4 saturated heterocycles. The number of epoxide rings is 1. The molecule has 1 aromatic rings. The molecule has 0 aromatic carbocycles. The predicted molar refractivity (Wildman–Crippen MR) is 88.1 cm³/mol. The second-order valence-electron chi connectivity index (χ2n) is 8.95. The summed E-state index contributed by atoms with van der Waals surface area (Å²) in [6.07, 6.45) is 4.20. The van der Waals surface area contributed by atoms with Gasteiger partial charge in [-0.25, -0.2) is 9.59 Å². The Balaban J connectivity index is 1.51. The number of aliphatic hydroxyl groups is 1. The minimum Gasteiger partial charge on any atom is -0.472 e. The van der Waals surface area contributed by atoms with Crippen LogP contribution >= 0.6 is 0 Å². The summed E-state index contributed by atoms with van der Waals surface area (Å²) >= 11 is 0. The Kier molecular flexibility index (Phi) is 2.63. The van der Waals surface area contributed by atoms with Crippen molar-refractivity contribution in [2.45, 2.75) is 56.7 Å². The van der Waals surface area contributed by atoms with Crippen molar-refractivity contribution in [2.24, 2.45) is 16.7 Å². The topological polar surface area (TPSA) is 98.5 Å². The van der Waals surface area contributed by atoms with E-state index in [0.29, 0.717) is 18.4 Å². The molecule has 7 heteroatoms. The molecule has 1 saturated carbocycles. The van der Waals surface area contributed by atoms with Crippen LogP contribution in [0.2, 0.25) is 0 Å². The van der Waals surface area contributed by atoms with Gasteiger partial charge in [0.1, 0.15) is 24.4 Å². The largest absolute Gasteiger partial charge is 0.472 e. The highest BCUT2D eigenvalue weighted by Gasteiger charge is 2.83. The fourth-order valence-corrected chi connectivity index (χ4v) is 6.40. The van der Waals surface area contributed by atoms with Gasteiger partial charge in [0, 0.05) is 27.9 Å². The molecule has 0 unspecified atom stereocenters. The summed E-state index contributed by atoms with van der Waals surface area (Å²) in [5.74, 6) is -1.20. The first-order valence-electron chi connectivity index (χ1n) is 9.33. The number of fused-ring (bicyclic) bond motifs is 2. The number of carbonyl (C=O) groups excluding carboxylic acids is 2. The van der Waals surface area contributed by atoms with Gasteiger partial charge in [-0.2, -0.15) is 0 Å². The van der Waals surface area contributed by atoms with E-state index < -0.39 is 40.7 Å². The number of esters is 2. The molecule has 2 aliphatic carbocycles. The number of hydrogen-bond donors (Lipinski definition) is 1. The van der Waals surface area contributed by atoms with Crippen molar-refractivity contribution < 1.29 is 33.3 Å². The molecule has 7 rings (SSSR count). The van der Waals surface area contributed by atoms with Crippen molar-refractivity contribution in [1.29, 1.82) is 0 Å². The lowest BCUT2D eigenvalue weighted by atomic mass is 9.43. The lowest BCUT2D eigenvalue weighted by Gasteiger charge is -2.63. The average molecular weight is 372 g/mol. The molecule has 0 amide bonds. The molecule has 1 N–H and O–H groups in total. The standard InChI is InChI=1S/C20H20O7/c1-18-7-11(9-4-6-24-8-9)25-16(21)10(18)3-5-19(2)14(18)12-13-15(26-13)20(19,23)17(22)27-12/h3-4,6,8,11-15,23H,5,7H2,1-2H3/t11-,12+,13-,14+,15-,18+,19+,20-/m1/s1. The van der Waals surface area contributed by atoms with Crippen molar-refractivity contribution in [2.75, 3.05) is 0 Å². The first-order chi connectivity index (χ1) is 12.8. The summed E-state index contributed by atoms with van der Waals surface area (Å²) in [6, 6.07) is 1.79. The maximum absolute atomic E-state index is 12.8. The highest BCUT2D eigenvalue weighted by atomic mass is 16.7. The molecule has 5 heterocycles. The lowest BCUT2D eigenvalue weighted by molar-refractivity contribution is -0.258. The lowest BCUT2D eigenvalue weighted by Crippen LogP contribution is -2.75. The van der Waals surface area contributed by atoms with Crippen LogP contribution in [0.1, 0.15) is 38.4 Å². The van der Waals surface area contributed by atoms with E-state index in [1.54, 1.807) is 18.6 Å². The highest BCUT2D eigenvalue weighted by Crippen LogP contribution is 2.70. The summed E-state index contributed by atoms with van der Waals surface area (Å²) < 4.78 is 22.2. The maximum atomic E-state index is 12.8. The third kappa shape index (κ3) is 1.59. The Bertz CT molecular complexity index is 903. The number of furan rings is 1. The van der Waals surface area contributed by atoms with Gasteiger partial charge in [-0.1, -0.05) is 19.9 Å². The van der Waals surface area contributed by atoms with Crippen LogP contribution in [0.15, 0.2) is 34.7 Å². The van der Waals surface area contributed by atoms with E-state index in [1.165, 1.54) is 0 Å². The SMILES string of the molecule is C[C@]12C[C@H](c3ccoc3)OC(=O)C1=CC[C@@]1(C)[C@H]2[C@H]2OC(=O)[C@]1(O)[C@@H]1O[C@H]21. The van der Waals surface area contributed by atoms with E-state index in [4.69, 9.17) is 18.6 Å². The molecule has 27 heavy (non-hydrogen) atoms. The van der Waals surface area contributed by atoms with Crippen LogP contribution in [0.4, 0.5) is 0 Å². The van der Waals surface area contributed by atoms with Gasteiger partial charge in [0.25, 0.3) is 0 Å². The molecular weight excluding hydrogens is 352 g/mol. The molecule has 6 aliphatic rings. The van der Waals surface area contributed by atoms with Gasteiger partial charge in [0.15, 0.2) is 5.60 Å². The number of hydrogen-bond acceptors (Lipinski definition) is 7. The van der Waals surface area contributed by atoms with E-state index in [0.717, 1.165) is 5.56 Å². The molecule has 2 bridgehead atoms. The Morgan fingerprint density at radius 3 is 2.74 bits per heavy atom. The Morgan fingerprint density at radius 1 is 1.19 bits per heavy atom. The summed E-state index contributed by atoms with van der Waals surface area (Å²) in [5.41, 5.74) is -1.65. The molecule has 4 aliphatic heterocycles. The Morgan fingerprint density at radius 2 is 2.00 bits per heavy atom. The minimum absolute atomic E-state index is 0.237. The van der Waals surface area contributed by atoms with E-state index in [2.05, 4.69) is 0 Å². The third-order valence-electron chi connectivity index (χ3n) is 7.73. The van der Waals surface area contributed by atoms with Gasteiger partial charge in [-0.05, 0) is 18.9 Å². The fourth-order valence-electron chi connectivity index (χ4n) is 6.40. The molecule has 5 fully saturated rings. The summed E-state index contributed by atoms with van der Waals surface area (Å²) in [5, 5.41) is 11.4. The van der Waals surface area contributed by atoms with Crippen LogP contribution < -0.4 is 0 Å². The zero-order valence-electron chi connectivity index (χ0n) is 15.0. The van der Waals surface area contributed by atoms with E-state index in [-0.39, 0.29) is 18.0 Å². The van der Waals surface area contributed by atoms with Crippen LogP contribution in [0.5, 0.6) is 0 Å². The molecular formula is C20H20O7. The summed E-state index contributed by atoms with van der Waals surface area (Å²) in [6.45, 7) is 3.94. The Labute approximate surface area is 155 Å². The van der Waals surface area contributed by atoms with E-state index in [9.17, 15) is 14.7 Å². The minimum atomic E-state index is -1.69. The molecule has 0 spiro atoms. The van der Waals surface area contributed by atoms with Gasteiger partial charge in [-0.15, -0.1) is 0 Å². The quantitative estimate of drug-likeness (QED) is 0.591. The van der Waals surface area contributed by atoms with E-state index >= 15 is 0 Å². The van der Waals surface area contributed by atoms with Gasteiger partial charge in [-0.3, -0.25) is 0 Å². The number of rotatable bonds is 1. The number of ether oxygens (including phenoxy) is 3. The van der Waals surface area contributed by atoms with Gasteiger partial charge < -0.3 is 23.7 Å². The monoisotopic (exact) mass is 372 g/mol. The van der Waals surface area contributed by atoms with E-state index in [1.807, 2.05) is 19.9 Å².